The summed E-state index contributed by atoms with van der Waals surface area (Å²) in [7, 11) is 0. The third-order valence-corrected chi connectivity index (χ3v) is 6.16. The van der Waals surface area contributed by atoms with Gasteiger partial charge in [0.05, 0.1) is 15.2 Å². The van der Waals surface area contributed by atoms with E-state index in [2.05, 4.69) is 64.9 Å². The Balaban J connectivity index is 1.32. The molecule has 0 fully saturated rings. The SMILES string of the molecule is O=C(CCc1nc2ccccc2s1)NCCC(c1ccccc1)c1ccccc1. The van der Waals surface area contributed by atoms with Crippen molar-refractivity contribution in [3.8, 4) is 0 Å². The Morgan fingerprint density at radius 2 is 1.48 bits per heavy atom. The molecular formula is C25H24N2OS. The van der Waals surface area contributed by atoms with Crippen molar-refractivity contribution < 1.29 is 4.79 Å². The van der Waals surface area contributed by atoms with E-state index in [9.17, 15) is 4.79 Å². The molecule has 0 saturated heterocycles. The van der Waals surface area contributed by atoms with Gasteiger partial charge in [0.2, 0.25) is 5.91 Å². The first-order valence-electron chi connectivity index (χ1n) is 10.0. The van der Waals surface area contributed by atoms with E-state index < -0.39 is 0 Å². The molecule has 4 rings (SSSR count). The number of benzene rings is 3. The monoisotopic (exact) mass is 400 g/mol. The minimum Gasteiger partial charge on any atom is -0.356 e. The second kappa shape index (κ2) is 9.48. The van der Waals surface area contributed by atoms with Gasteiger partial charge in [-0.15, -0.1) is 11.3 Å². The van der Waals surface area contributed by atoms with Gasteiger partial charge in [-0.25, -0.2) is 4.98 Å². The van der Waals surface area contributed by atoms with Crippen molar-refractivity contribution in [1.29, 1.82) is 0 Å². The lowest BCUT2D eigenvalue weighted by Gasteiger charge is -2.18. The van der Waals surface area contributed by atoms with Gasteiger partial charge in [-0.05, 0) is 29.7 Å². The molecule has 0 aliphatic carbocycles. The quantitative estimate of drug-likeness (QED) is 0.420. The first-order chi connectivity index (χ1) is 14.3. The van der Waals surface area contributed by atoms with E-state index in [0.29, 0.717) is 19.4 Å². The number of aromatic nitrogens is 1. The van der Waals surface area contributed by atoms with Crippen LogP contribution in [0.3, 0.4) is 0 Å². The minimum absolute atomic E-state index is 0.0872. The summed E-state index contributed by atoms with van der Waals surface area (Å²) < 4.78 is 1.18. The summed E-state index contributed by atoms with van der Waals surface area (Å²) in [6, 6.07) is 29.1. The topological polar surface area (TPSA) is 42.0 Å². The maximum Gasteiger partial charge on any atom is 0.220 e. The van der Waals surface area contributed by atoms with Gasteiger partial charge in [-0.3, -0.25) is 4.79 Å². The molecule has 0 radical (unpaired) electrons. The first-order valence-corrected chi connectivity index (χ1v) is 10.8. The summed E-state index contributed by atoms with van der Waals surface area (Å²) in [6.45, 7) is 0.660. The Kier molecular flexibility index (Phi) is 6.32. The highest BCUT2D eigenvalue weighted by Crippen LogP contribution is 2.27. The molecule has 3 nitrogen and oxygen atoms in total. The van der Waals surface area contributed by atoms with E-state index in [4.69, 9.17) is 0 Å². The number of fused-ring (bicyclic) bond motifs is 1. The fourth-order valence-electron chi connectivity index (χ4n) is 3.59. The number of thiazole rings is 1. The van der Waals surface area contributed by atoms with Crippen molar-refractivity contribution >= 4 is 27.5 Å². The molecule has 4 heteroatoms. The van der Waals surface area contributed by atoms with Crippen LogP contribution in [0.5, 0.6) is 0 Å². The van der Waals surface area contributed by atoms with Gasteiger partial charge in [0.1, 0.15) is 0 Å². The lowest BCUT2D eigenvalue weighted by Crippen LogP contribution is -2.26. The molecule has 146 valence electrons. The zero-order valence-corrected chi connectivity index (χ0v) is 17.1. The highest BCUT2D eigenvalue weighted by molar-refractivity contribution is 7.18. The molecule has 1 N–H and O–H groups in total. The number of aryl methyl sites for hydroxylation is 1. The lowest BCUT2D eigenvalue weighted by molar-refractivity contribution is -0.121. The molecule has 1 aromatic heterocycles. The van der Waals surface area contributed by atoms with Gasteiger partial charge in [-0.2, -0.15) is 0 Å². The van der Waals surface area contributed by atoms with Gasteiger partial charge < -0.3 is 5.32 Å². The summed E-state index contributed by atoms with van der Waals surface area (Å²) in [5.41, 5.74) is 3.58. The predicted octanol–water partition coefficient (Wildman–Crippen LogP) is 5.57. The van der Waals surface area contributed by atoms with Crippen LogP contribution in [0.1, 0.15) is 34.9 Å². The number of para-hydroxylation sites is 1. The molecule has 0 aliphatic rings. The van der Waals surface area contributed by atoms with Crippen LogP contribution in [0.2, 0.25) is 0 Å². The number of nitrogens with zero attached hydrogens (tertiary/aromatic N) is 1. The third-order valence-electron chi connectivity index (χ3n) is 5.06. The van der Waals surface area contributed by atoms with Crippen LogP contribution in [-0.2, 0) is 11.2 Å². The van der Waals surface area contributed by atoms with Gasteiger partial charge in [0, 0.05) is 25.3 Å². The Morgan fingerprint density at radius 3 is 2.14 bits per heavy atom. The lowest BCUT2D eigenvalue weighted by atomic mass is 9.88. The number of carbonyl (C=O) groups is 1. The molecule has 0 spiro atoms. The highest BCUT2D eigenvalue weighted by Gasteiger charge is 2.14. The maximum absolute atomic E-state index is 12.4. The predicted molar refractivity (Wildman–Crippen MR) is 120 cm³/mol. The Morgan fingerprint density at radius 1 is 0.862 bits per heavy atom. The molecule has 1 amide bonds. The van der Waals surface area contributed by atoms with Gasteiger partial charge in [-0.1, -0.05) is 72.8 Å². The second-order valence-electron chi connectivity index (χ2n) is 7.09. The van der Waals surface area contributed by atoms with E-state index in [1.54, 1.807) is 11.3 Å². The average Bonchev–Trinajstić information content (AvgIpc) is 3.20. The zero-order chi connectivity index (χ0) is 19.9. The summed E-state index contributed by atoms with van der Waals surface area (Å²) in [5, 5.41) is 4.12. The van der Waals surface area contributed by atoms with E-state index >= 15 is 0 Å². The number of hydrogen-bond donors (Lipinski definition) is 1. The van der Waals surface area contributed by atoms with Crippen molar-refractivity contribution in [2.24, 2.45) is 0 Å². The maximum atomic E-state index is 12.4. The first kappa shape index (κ1) is 19.3. The number of nitrogens with one attached hydrogen (secondary N) is 1. The van der Waals surface area contributed by atoms with Crippen LogP contribution < -0.4 is 5.32 Å². The van der Waals surface area contributed by atoms with Crippen LogP contribution in [0.25, 0.3) is 10.2 Å². The summed E-state index contributed by atoms with van der Waals surface area (Å²) in [5.74, 6) is 0.367. The van der Waals surface area contributed by atoms with Crippen molar-refractivity contribution in [2.75, 3.05) is 6.54 Å². The van der Waals surface area contributed by atoms with E-state index in [-0.39, 0.29) is 11.8 Å². The van der Waals surface area contributed by atoms with Crippen molar-refractivity contribution in [2.45, 2.75) is 25.2 Å². The minimum atomic E-state index is 0.0872. The molecule has 0 bridgehead atoms. The van der Waals surface area contributed by atoms with Gasteiger partial charge in [0.25, 0.3) is 0 Å². The van der Waals surface area contributed by atoms with E-state index in [0.717, 1.165) is 16.9 Å². The van der Waals surface area contributed by atoms with Gasteiger partial charge >= 0.3 is 0 Å². The smallest absolute Gasteiger partial charge is 0.220 e. The molecule has 0 saturated carbocycles. The summed E-state index contributed by atoms with van der Waals surface area (Å²) in [6.07, 6.45) is 2.04. The standard InChI is InChI=1S/C25H24N2OS/c28-24(15-16-25-27-22-13-7-8-14-23(22)29-25)26-18-17-21(19-9-3-1-4-10-19)20-11-5-2-6-12-20/h1-14,21H,15-18H2,(H,26,28). The fourth-order valence-corrected chi connectivity index (χ4v) is 4.55. The molecule has 3 aromatic carbocycles. The van der Waals surface area contributed by atoms with E-state index in [1.807, 2.05) is 30.3 Å². The van der Waals surface area contributed by atoms with Crippen molar-refractivity contribution in [3.05, 3.63) is 101 Å². The third kappa shape index (κ3) is 5.09. The molecule has 4 aromatic rings. The number of hydrogen-bond acceptors (Lipinski definition) is 3. The van der Waals surface area contributed by atoms with Gasteiger partial charge in [0.15, 0.2) is 0 Å². The Bertz CT molecular complexity index is 987. The number of carbonyl (C=O) groups excluding carboxylic acids is 1. The van der Waals surface area contributed by atoms with E-state index in [1.165, 1.54) is 15.8 Å². The van der Waals surface area contributed by atoms with Crippen LogP contribution in [0.4, 0.5) is 0 Å². The Labute approximate surface area is 175 Å². The van der Waals surface area contributed by atoms with Crippen molar-refractivity contribution in [3.63, 3.8) is 0 Å². The second-order valence-corrected chi connectivity index (χ2v) is 8.20. The molecule has 0 atom stereocenters. The Hall–Kier alpha value is -2.98. The summed E-state index contributed by atoms with van der Waals surface area (Å²) in [4.78, 5) is 17.0. The van der Waals surface area contributed by atoms with Crippen LogP contribution >= 0.6 is 11.3 Å². The highest BCUT2D eigenvalue weighted by atomic mass is 32.1. The molecule has 1 heterocycles. The van der Waals surface area contributed by atoms with Crippen LogP contribution in [-0.4, -0.2) is 17.4 Å². The molecule has 29 heavy (non-hydrogen) atoms. The van der Waals surface area contributed by atoms with Crippen molar-refractivity contribution in [1.82, 2.24) is 10.3 Å². The normalized spacial score (nSPS) is 11.1. The zero-order valence-electron chi connectivity index (χ0n) is 16.3. The molecular weight excluding hydrogens is 376 g/mol. The number of amides is 1. The fraction of sp³-hybridized carbons (Fsp3) is 0.200. The molecule has 0 aliphatic heterocycles. The summed E-state index contributed by atoms with van der Waals surface area (Å²) >= 11 is 1.67. The van der Waals surface area contributed by atoms with Crippen LogP contribution in [0, 0.1) is 0 Å². The van der Waals surface area contributed by atoms with Crippen LogP contribution in [0.15, 0.2) is 84.9 Å². The average molecular weight is 401 g/mol. The number of rotatable bonds is 8. The molecule has 0 unspecified atom stereocenters. The largest absolute Gasteiger partial charge is 0.356 e.